The fraction of sp³-hybridized carbons (Fsp3) is 0.512. The summed E-state index contributed by atoms with van der Waals surface area (Å²) in [6, 6.07) is 11.7. The van der Waals surface area contributed by atoms with Crippen molar-refractivity contribution in [1.82, 2.24) is 20.3 Å². The zero-order valence-corrected chi connectivity index (χ0v) is 34.9. The minimum absolute atomic E-state index is 0.0235. The summed E-state index contributed by atoms with van der Waals surface area (Å²) >= 11 is 0. The van der Waals surface area contributed by atoms with E-state index in [9.17, 15) is 23.0 Å². The van der Waals surface area contributed by atoms with Gasteiger partial charge in [0.2, 0.25) is 0 Å². The molecule has 0 aliphatic carbocycles. The van der Waals surface area contributed by atoms with Crippen molar-refractivity contribution < 1.29 is 46.7 Å². The number of halogens is 1. The number of amides is 2. The first-order valence-electron chi connectivity index (χ1n) is 18.5. The third-order valence-electron chi connectivity index (χ3n) is 8.59. The number of fused-ring (bicyclic) bond motifs is 1. The van der Waals surface area contributed by atoms with E-state index in [1.54, 1.807) is 71.9 Å². The maximum atomic E-state index is 13.8. The molecule has 1 aromatic heterocycles. The monoisotopic (exact) mass is 798 g/mol. The van der Waals surface area contributed by atoms with Gasteiger partial charge in [-0.05, 0) is 110 Å². The number of pyridine rings is 1. The number of nitrogens with zero attached hydrogens (tertiary/aromatic N) is 1. The van der Waals surface area contributed by atoms with Crippen LogP contribution in [-0.4, -0.2) is 76.5 Å². The van der Waals surface area contributed by atoms with Crippen molar-refractivity contribution in [2.24, 2.45) is 5.92 Å². The fourth-order valence-corrected chi connectivity index (χ4v) is 6.47. The van der Waals surface area contributed by atoms with Crippen LogP contribution in [0.25, 0.3) is 11.3 Å². The molecule has 0 bridgehead atoms. The molecule has 3 N–H and O–H groups in total. The predicted molar refractivity (Wildman–Crippen MR) is 212 cm³/mol. The first-order chi connectivity index (χ1) is 26.1. The quantitative estimate of drug-likeness (QED) is 0.147. The molecule has 4 atom stereocenters. The number of carbonyl (C=O) groups is 3. The molecule has 2 aromatic carbocycles. The van der Waals surface area contributed by atoms with Gasteiger partial charge in [-0.3, -0.25) is 4.79 Å². The normalized spacial score (nSPS) is 16.9. The first-order valence-corrected chi connectivity index (χ1v) is 19.7. The van der Waals surface area contributed by atoms with Crippen LogP contribution in [0.3, 0.4) is 0 Å². The Morgan fingerprint density at radius 3 is 2.29 bits per heavy atom. The highest BCUT2D eigenvalue weighted by Gasteiger charge is 2.42. The highest BCUT2D eigenvalue weighted by molar-refractivity contribution is 7.84. The number of esters is 1. The molecule has 2 amide bonds. The fourth-order valence-electron chi connectivity index (χ4n) is 5.59. The van der Waals surface area contributed by atoms with E-state index >= 15 is 0 Å². The molecule has 306 valence electrons. The van der Waals surface area contributed by atoms with Crippen molar-refractivity contribution in [2.75, 3.05) is 26.9 Å². The number of alkyl carbamates (subject to hydrolysis) is 1. The number of rotatable bonds is 15. The van der Waals surface area contributed by atoms with Crippen molar-refractivity contribution in [3.63, 3.8) is 0 Å². The van der Waals surface area contributed by atoms with Crippen molar-refractivity contribution in [2.45, 2.75) is 104 Å². The molecule has 3 aromatic rings. The van der Waals surface area contributed by atoms with Gasteiger partial charge in [-0.1, -0.05) is 13.8 Å². The lowest BCUT2D eigenvalue weighted by atomic mass is 9.93. The van der Waals surface area contributed by atoms with Gasteiger partial charge in [-0.15, -0.1) is 0 Å². The number of aromatic nitrogens is 1. The smallest absolute Gasteiger partial charge is 0.408 e. The van der Waals surface area contributed by atoms with Crippen LogP contribution in [0.4, 0.5) is 9.18 Å². The lowest BCUT2D eigenvalue weighted by Crippen LogP contribution is -2.48. The van der Waals surface area contributed by atoms with Gasteiger partial charge in [0, 0.05) is 35.3 Å². The van der Waals surface area contributed by atoms with Crippen LogP contribution in [0, 0.1) is 11.7 Å². The molecule has 0 saturated heterocycles. The van der Waals surface area contributed by atoms with E-state index in [0.29, 0.717) is 46.2 Å². The Morgan fingerprint density at radius 1 is 1.00 bits per heavy atom. The summed E-state index contributed by atoms with van der Waals surface area (Å²) in [7, 11) is 0.0499. The highest BCUT2D eigenvalue weighted by atomic mass is 32.2. The molecule has 2 heterocycles. The summed E-state index contributed by atoms with van der Waals surface area (Å²) in [5.74, 6) is -0.460. The maximum Gasteiger partial charge on any atom is 0.408 e. The van der Waals surface area contributed by atoms with Crippen LogP contribution in [0.2, 0.25) is 0 Å². The molecule has 13 nitrogen and oxygen atoms in total. The number of methoxy groups -OCH3 is 1. The number of benzene rings is 2. The molecular weight excluding hydrogens is 744 g/mol. The summed E-state index contributed by atoms with van der Waals surface area (Å²) in [4.78, 5) is 43.3. The van der Waals surface area contributed by atoms with Crippen LogP contribution >= 0.6 is 0 Å². The molecule has 4 unspecified atom stereocenters. The molecule has 56 heavy (non-hydrogen) atoms. The average molecular weight is 799 g/mol. The Morgan fingerprint density at radius 2 is 1.68 bits per heavy atom. The zero-order valence-electron chi connectivity index (χ0n) is 34.1. The van der Waals surface area contributed by atoms with Crippen LogP contribution < -0.4 is 29.6 Å². The highest BCUT2D eigenvalue weighted by Crippen LogP contribution is 2.44. The van der Waals surface area contributed by atoms with E-state index < -0.39 is 51.1 Å². The van der Waals surface area contributed by atoms with E-state index in [-0.39, 0.29) is 37.4 Å². The molecule has 4 rings (SSSR count). The maximum absolute atomic E-state index is 13.8. The summed E-state index contributed by atoms with van der Waals surface area (Å²) in [5, 5.41) is 5.50. The Balaban J connectivity index is 1.41. The second kappa shape index (κ2) is 18.0. The van der Waals surface area contributed by atoms with Crippen LogP contribution in [-0.2, 0) is 37.2 Å². The van der Waals surface area contributed by atoms with Crippen LogP contribution in [0.1, 0.15) is 90.9 Å². The summed E-state index contributed by atoms with van der Waals surface area (Å²) < 4.78 is 58.1. The third kappa shape index (κ3) is 11.6. The van der Waals surface area contributed by atoms with E-state index in [1.165, 1.54) is 19.2 Å². The second-order valence-corrected chi connectivity index (χ2v) is 18.2. The van der Waals surface area contributed by atoms with Gasteiger partial charge in [0.15, 0.2) is 17.2 Å². The van der Waals surface area contributed by atoms with Gasteiger partial charge in [0.25, 0.3) is 5.91 Å². The minimum Gasteiger partial charge on any atom is -0.493 e. The van der Waals surface area contributed by atoms with Gasteiger partial charge >= 0.3 is 12.1 Å². The molecule has 1 aliphatic heterocycles. The topological polar surface area (TPSA) is 163 Å². The number of carbonyl (C=O) groups excluding carboxylic acids is 3. The molecule has 0 saturated carbocycles. The zero-order chi connectivity index (χ0) is 41.6. The Labute approximate surface area is 331 Å². The van der Waals surface area contributed by atoms with Gasteiger partial charge < -0.3 is 34.3 Å². The Kier molecular flexibility index (Phi) is 14.1. The van der Waals surface area contributed by atoms with E-state index in [0.717, 1.165) is 5.56 Å². The van der Waals surface area contributed by atoms with Gasteiger partial charge in [-0.25, -0.2) is 27.9 Å². The lowest BCUT2D eigenvalue weighted by molar-refractivity contribution is -0.153. The van der Waals surface area contributed by atoms with Gasteiger partial charge in [0.05, 0.1) is 28.4 Å². The average Bonchev–Trinajstić information content (AvgIpc) is 3.43. The number of hydrogen-bond acceptors (Lipinski definition) is 10. The van der Waals surface area contributed by atoms with E-state index in [2.05, 4.69) is 15.4 Å². The van der Waals surface area contributed by atoms with Crippen molar-refractivity contribution in [3.05, 3.63) is 71.2 Å². The Hall–Kier alpha value is -4.76. The van der Waals surface area contributed by atoms with E-state index in [1.807, 2.05) is 33.8 Å². The minimum atomic E-state index is -1.40. The molecule has 15 heteroatoms. The first kappa shape index (κ1) is 44.0. The van der Waals surface area contributed by atoms with Crippen molar-refractivity contribution in [1.29, 1.82) is 0 Å². The second-order valence-electron chi connectivity index (χ2n) is 16.2. The molecule has 0 radical (unpaired) electrons. The van der Waals surface area contributed by atoms with Crippen molar-refractivity contribution in [3.8, 4) is 28.5 Å². The SMILES string of the molecule is COc1cc(C(=O)NCCc2cc3c(c(-c4ccc(F)cc4)n2)OCC3(C)NS(=O)C(C)(C)C)ccc1OCC(C)OC(=O)C(NC(=O)OC(C)(C)C)C(C)C. The summed E-state index contributed by atoms with van der Waals surface area (Å²) in [6.07, 6.45) is -1.05. The summed E-state index contributed by atoms with van der Waals surface area (Å²) in [5.41, 5.74) is 1.41. The third-order valence-corrected chi connectivity index (χ3v) is 10.3. The molecule has 0 spiro atoms. The summed E-state index contributed by atoms with van der Waals surface area (Å²) in [6.45, 7) is 18.4. The number of ether oxygens (including phenoxy) is 5. The largest absolute Gasteiger partial charge is 0.493 e. The molecule has 1 aliphatic rings. The molecular formula is C41H55FN4O9S. The lowest BCUT2D eigenvalue weighted by Gasteiger charge is -2.29. The van der Waals surface area contributed by atoms with Crippen LogP contribution in [0.15, 0.2) is 48.5 Å². The predicted octanol–water partition coefficient (Wildman–Crippen LogP) is 6.39. The number of hydrogen-bond donors (Lipinski definition) is 3. The van der Waals surface area contributed by atoms with Crippen LogP contribution in [0.5, 0.6) is 17.2 Å². The van der Waals surface area contributed by atoms with Gasteiger partial charge in [0.1, 0.15) is 42.5 Å². The van der Waals surface area contributed by atoms with Gasteiger partial charge in [-0.2, -0.15) is 0 Å². The number of nitrogens with one attached hydrogen (secondary N) is 3. The van der Waals surface area contributed by atoms with E-state index in [4.69, 9.17) is 28.7 Å². The Bertz CT molecular complexity index is 1910. The van der Waals surface area contributed by atoms with Crippen molar-refractivity contribution >= 4 is 29.0 Å². The standard InChI is InChI=1S/C41H55FN4O9S/c1-24(2)33(45-38(49)55-39(4,5)6)37(48)54-25(3)22-52-31-17-14-27(20-32(31)51-11)36(47)43-19-18-29-21-30-35(34(44-29)26-12-15-28(42)16-13-26)53-23-41(30,10)46-56(50)40(7,8)9/h12-17,20-21,24-25,33,46H,18-19,22-23H2,1-11H3,(H,43,47)(H,45,49). The molecule has 0 fully saturated rings.